The molecule has 0 N–H and O–H groups in total. The van der Waals surface area contributed by atoms with Crippen LogP contribution in [-0.4, -0.2) is 23.4 Å². The summed E-state index contributed by atoms with van der Waals surface area (Å²) in [4.78, 5) is 41.8. The Balaban J connectivity index is 3.44. The van der Waals surface area contributed by atoms with E-state index in [-0.39, 0.29) is 0 Å². The van der Waals surface area contributed by atoms with Crippen molar-refractivity contribution in [1.82, 2.24) is 0 Å². The maximum Gasteiger partial charge on any atom is 0.198 e. The Bertz CT molecular complexity index is 349. The van der Waals surface area contributed by atoms with E-state index in [1.807, 2.05) is 0 Å². The summed E-state index contributed by atoms with van der Waals surface area (Å²) < 4.78 is 0. The zero-order valence-corrected chi connectivity index (χ0v) is 5.79. The molecule has 0 amide bonds. The summed E-state index contributed by atoms with van der Waals surface area (Å²) in [6, 6.07) is 0. The minimum absolute atomic E-state index is 0.544. The highest BCUT2D eigenvalue weighted by atomic mass is 16.1. The third-order valence-corrected chi connectivity index (χ3v) is 1.33. The van der Waals surface area contributed by atoms with Crippen molar-refractivity contribution in [3.63, 3.8) is 0 Å². The highest BCUT2D eigenvalue weighted by molar-refractivity contribution is 6.30. The number of hydrogen-bond donors (Lipinski definition) is 0. The van der Waals surface area contributed by atoms with Crippen molar-refractivity contribution in [2.24, 2.45) is 0 Å². The molecule has 0 aliphatic heterocycles. The maximum atomic E-state index is 10.8. The van der Waals surface area contributed by atoms with Gasteiger partial charge in [0.15, 0.2) is 11.6 Å². The first-order chi connectivity index (χ1) is 5.70. The summed E-state index contributed by atoms with van der Waals surface area (Å²) in [6.45, 7) is 0. The molecule has 1 aliphatic carbocycles. The van der Waals surface area contributed by atoms with Gasteiger partial charge in [0.1, 0.15) is 23.0 Å². The minimum atomic E-state index is -0.692. The quantitative estimate of drug-likeness (QED) is 0.345. The number of allylic oxidation sites excluding steroid dienone is 4. The van der Waals surface area contributed by atoms with E-state index in [2.05, 4.69) is 0 Å². The Labute approximate surface area is 66.9 Å². The van der Waals surface area contributed by atoms with Gasteiger partial charge in [-0.05, 0) is 12.2 Å². The maximum absolute atomic E-state index is 10.8. The normalized spacial score (nSPS) is 16.0. The molecule has 4 heteroatoms. The lowest BCUT2D eigenvalue weighted by Gasteiger charge is -2.01. The van der Waals surface area contributed by atoms with Crippen LogP contribution >= 0.6 is 0 Å². The van der Waals surface area contributed by atoms with Crippen LogP contribution in [0.5, 0.6) is 0 Å². The molecule has 58 valence electrons. The second kappa shape index (κ2) is 2.93. The third kappa shape index (κ3) is 1.08. The van der Waals surface area contributed by atoms with E-state index in [0.717, 1.165) is 12.2 Å². The molecule has 1 rings (SSSR count). The number of rotatable bonds is 0. The second-order valence-electron chi connectivity index (χ2n) is 2.02. The average Bonchev–Trinajstić information content (AvgIpc) is 2.08. The van der Waals surface area contributed by atoms with Gasteiger partial charge in [0.25, 0.3) is 0 Å². The van der Waals surface area contributed by atoms with Crippen molar-refractivity contribution in [3.05, 3.63) is 23.3 Å². The van der Waals surface area contributed by atoms with E-state index in [1.165, 1.54) is 11.9 Å². The Morgan fingerprint density at radius 1 is 0.833 bits per heavy atom. The highest BCUT2D eigenvalue weighted by Crippen LogP contribution is 2.12. The molecule has 0 saturated heterocycles. The molecule has 0 spiro atoms. The van der Waals surface area contributed by atoms with Crippen LogP contribution in [0.2, 0.25) is 0 Å². The average molecular weight is 162 g/mol. The molecular weight excluding hydrogens is 160 g/mol. The molecule has 0 fully saturated rings. The largest absolute Gasteiger partial charge is 0.288 e. The summed E-state index contributed by atoms with van der Waals surface area (Å²) in [5.41, 5.74) is -1.09. The van der Waals surface area contributed by atoms with E-state index < -0.39 is 22.7 Å². The standard InChI is InChI=1S/C8H2O4/c9-3-5-6(4-10)8(12)2-1-7(5)11/h1-2H. The van der Waals surface area contributed by atoms with Gasteiger partial charge in [-0.2, -0.15) is 0 Å². The Kier molecular flexibility index (Phi) is 1.97. The molecule has 0 aromatic rings. The van der Waals surface area contributed by atoms with Gasteiger partial charge in [-0.15, -0.1) is 0 Å². The smallest absolute Gasteiger partial charge is 0.198 e. The Morgan fingerprint density at radius 2 is 1.17 bits per heavy atom. The van der Waals surface area contributed by atoms with E-state index >= 15 is 0 Å². The first-order valence-corrected chi connectivity index (χ1v) is 2.98. The van der Waals surface area contributed by atoms with E-state index in [9.17, 15) is 19.2 Å². The monoisotopic (exact) mass is 162 g/mol. The van der Waals surface area contributed by atoms with Crippen LogP contribution in [-0.2, 0) is 19.2 Å². The van der Waals surface area contributed by atoms with Gasteiger partial charge in [-0.25, -0.2) is 9.59 Å². The molecule has 0 saturated carbocycles. The summed E-state index contributed by atoms with van der Waals surface area (Å²) in [5.74, 6) is 1.08. The van der Waals surface area contributed by atoms with Crippen LogP contribution in [0.4, 0.5) is 0 Å². The fraction of sp³-hybridized carbons (Fsp3) is 0. The Hall–Kier alpha value is -2.02. The van der Waals surface area contributed by atoms with Crippen LogP contribution in [0.15, 0.2) is 23.3 Å². The minimum Gasteiger partial charge on any atom is -0.288 e. The highest BCUT2D eigenvalue weighted by Gasteiger charge is 2.24. The van der Waals surface area contributed by atoms with E-state index in [0.29, 0.717) is 0 Å². The molecule has 0 bridgehead atoms. The van der Waals surface area contributed by atoms with Crippen LogP contribution in [0.1, 0.15) is 0 Å². The third-order valence-electron chi connectivity index (χ3n) is 1.33. The van der Waals surface area contributed by atoms with Crippen LogP contribution in [0, 0.1) is 0 Å². The molecule has 0 atom stereocenters. The number of carbonyl (C=O) groups excluding carboxylic acids is 4. The summed E-state index contributed by atoms with van der Waals surface area (Å²) >= 11 is 0. The van der Waals surface area contributed by atoms with E-state index in [1.54, 1.807) is 0 Å². The Morgan fingerprint density at radius 3 is 1.42 bits per heavy atom. The molecule has 0 heterocycles. The summed E-state index contributed by atoms with van der Waals surface area (Å²) in [6.07, 6.45) is 1.84. The molecule has 1 aliphatic rings. The first-order valence-electron chi connectivity index (χ1n) is 2.98. The van der Waals surface area contributed by atoms with Gasteiger partial charge in [0.05, 0.1) is 0 Å². The fourth-order valence-electron chi connectivity index (χ4n) is 0.767. The van der Waals surface area contributed by atoms with Gasteiger partial charge < -0.3 is 0 Å². The molecule has 0 aromatic carbocycles. The molecule has 0 aromatic heterocycles. The van der Waals surface area contributed by atoms with Gasteiger partial charge in [0.2, 0.25) is 0 Å². The topological polar surface area (TPSA) is 68.3 Å². The van der Waals surface area contributed by atoms with Crippen LogP contribution in [0.3, 0.4) is 0 Å². The fourth-order valence-corrected chi connectivity index (χ4v) is 0.767. The van der Waals surface area contributed by atoms with Crippen molar-refractivity contribution >= 4 is 23.4 Å². The molecular formula is C8H2O4. The molecule has 0 unspecified atom stereocenters. The molecule has 0 radical (unpaired) electrons. The number of hydrogen-bond acceptors (Lipinski definition) is 4. The van der Waals surface area contributed by atoms with Crippen molar-refractivity contribution in [2.75, 3.05) is 0 Å². The van der Waals surface area contributed by atoms with Gasteiger partial charge in [0, 0.05) is 0 Å². The lowest BCUT2D eigenvalue weighted by atomic mass is 9.95. The predicted molar refractivity (Wildman–Crippen MR) is 37.6 cm³/mol. The van der Waals surface area contributed by atoms with Crippen molar-refractivity contribution < 1.29 is 19.2 Å². The predicted octanol–water partition coefficient (Wildman–Crippen LogP) is -0.790. The second-order valence-corrected chi connectivity index (χ2v) is 2.02. The van der Waals surface area contributed by atoms with Crippen LogP contribution < -0.4 is 0 Å². The van der Waals surface area contributed by atoms with Crippen molar-refractivity contribution in [1.29, 1.82) is 0 Å². The van der Waals surface area contributed by atoms with Gasteiger partial charge >= 0.3 is 0 Å². The zero-order chi connectivity index (χ0) is 9.14. The van der Waals surface area contributed by atoms with Crippen molar-refractivity contribution in [3.8, 4) is 0 Å². The van der Waals surface area contributed by atoms with Gasteiger partial charge in [-0.1, -0.05) is 0 Å². The zero-order valence-electron chi connectivity index (χ0n) is 5.79. The van der Waals surface area contributed by atoms with Gasteiger partial charge in [-0.3, -0.25) is 9.59 Å². The van der Waals surface area contributed by atoms with Crippen LogP contribution in [0.25, 0.3) is 0 Å². The lowest BCUT2D eigenvalue weighted by molar-refractivity contribution is -0.115. The number of ketones is 2. The number of carbonyl (C=O) groups is 2. The van der Waals surface area contributed by atoms with Crippen molar-refractivity contribution in [2.45, 2.75) is 0 Å². The molecule has 12 heavy (non-hydrogen) atoms. The molecule has 4 nitrogen and oxygen atoms in total. The lowest BCUT2D eigenvalue weighted by Crippen LogP contribution is -2.15. The summed E-state index contributed by atoms with van der Waals surface area (Å²) in [5, 5.41) is 0. The SMILES string of the molecule is O=C=C1C(=O)C=CC(=O)C1=C=O. The summed E-state index contributed by atoms with van der Waals surface area (Å²) in [7, 11) is 0. The van der Waals surface area contributed by atoms with E-state index in [4.69, 9.17) is 0 Å². The first kappa shape index (κ1) is 8.08.